The van der Waals surface area contributed by atoms with Crippen LogP contribution in [0, 0.1) is 13.8 Å². The fraction of sp³-hybridized carbons (Fsp3) is 0.444. The normalized spacial score (nSPS) is 15.2. The van der Waals surface area contributed by atoms with Crippen molar-refractivity contribution in [2.45, 2.75) is 44.6 Å². The van der Waals surface area contributed by atoms with Crippen molar-refractivity contribution < 1.29 is 17.7 Å². The summed E-state index contributed by atoms with van der Waals surface area (Å²) in [5.74, 6) is 0.254. The number of aromatic nitrogens is 1. The number of nitrogens with zero attached hydrogens (tertiary/aromatic N) is 2. The Morgan fingerprint density at radius 2 is 1.96 bits per heavy atom. The average Bonchev–Trinajstić information content (AvgIpc) is 2.99. The second-order valence-corrected chi connectivity index (χ2v) is 8.23. The van der Waals surface area contributed by atoms with Crippen LogP contribution in [0.15, 0.2) is 33.7 Å². The summed E-state index contributed by atoms with van der Waals surface area (Å²) in [6.45, 7) is 4.80. The Morgan fingerprint density at radius 3 is 2.62 bits per heavy atom. The van der Waals surface area contributed by atoms with Gasteiger partial charge in [0.05, 0.1) is 0 Å². The first-order chi connectivity index (χ1) is 12.4. The van der Waals surface area contributed by atoms with Gasteiger partial charge < -0.3 is 9.42 Å². The molecule has 26 heavy (non-hydrogen) atoms. The minimum Gasteiger partial charge on any atom is -0.360 e. The summed E-state index contributed by atoms with van der Waals surface area (Å²) < 4.78 is 32.5. The molecule has 0 bridgehead atoms. The molecule has 0 spiro atoms. The molecule has 2 aromatic rings. The molecule has 1 amide bonds. The van der Waals surface area contributed by atoms with Crippen LogP contribution >= 0.6 is 0 Å². The number of likely N-dealkylation sites (tertiary alicyclic amines) is 1. The van der Waals surface area contributed by atoms with E-state index in [2.05, 4.69) is 9.88 Å². The predicted molar refractivity (Wildman–Crippen MR) is 96.2 cm³/mol. The third-order valence-electron chi connectivity index (χ3n) is 4.52. The van der Waals surface area contributed by atoms with Crippen molar-refractivity contribution >= 4 is 15.9 Å². The van der Waals surface area contributed by atoms with Crippen LogP contribution in [0.25, 0.3) is 0 Å². The zero-order chi connectivity index (χ0) is 18.7. The maximum absolute atomic E-state index is 12.6. The molecule has 0 radical (unpaired) electrons. The highest BCUT2D eigenvalue weighted by Crippen LogP contribution is 2.19. The number of piperidine rings is 1. The Balaban J connectivity index is 1.72. The Labute approximate surface area is 153 Å². The highest BCUT2D eigenvalue weighted by Gasteiger charge is 2.24. The number of aryl methyl sites for hydroxylation is 2. The van der Waals surface area contributed by atoms with Gasteiger partial charge in [-0.05, 0) is 50.8 Å². The van der Waals surface area contributed by atoms with Crippen molar-refractivity contribution in [3.8, 4) is 0 Å². The number of carbonyl (C=O) groups is 1. The van der Waals surface area contributed by atoms with Crippen LogP contribution in [0.1, 0.15) is 46.6 Å². The number of rotatable bonds is 5. The molecule has 0 atom stereocenters. The molecule has 1 N–H and O–H groups in total. The van der Waals surface area contributed by atoms with E-state index in [4.69, 9.17) is 4.52 Å². The first-order valence-electron chi connectivity index (χ1n) is 8.69. The van der Waals surface area contributed by atoms with Gasteiger partial charge in [0.2, 0.25) is 10.0 Å². The Kier molecular flexibility index (Phi) is 5.43. The molecule has 8 heteroatoms. The number of benzene rings is 1. The van der Waals surface area contributed by atoms with Gasteiger partial charge in [0.15, 0.2) is 5.76 Å². The minimum atomic E-state index is -3.73. The summed E-state index contributed by atoms with van der Waals surface area (Å²) in [6.07, 6.45) is 3.22. The quantitative estimate of drug-likeness (QED) is 0.864. The van der Waals surface area contributed by atoms with E-state index in [1.165, 1.54) is 0 Å². The van der Waals surface area contributed by atoms with Crippen LogP contribution < -0.4 is 4.72 Å². The van der Waals surface area contributed by atoms with Gasteiger partial charge in [-0.15, -0.1) is 0 Å². The lowest BCUT2D eigenvalue weighted by Gasteiger charge is -2.26. The molecule has 1 aliphatic heterocycles. The third-order valence-corrected chi connectivity index (χ3v) is 6.16. The molecule has 0 aliphatic carbocycles. The average molecular weight is 377 g/mol. The van der Waals surface area contributed by atoms with Gasteiger partial charge in [0.1, 0.15) is 10.6 Å². The summed E-state index contributed by atoms with van der Waals surface area (Å²) >= 11 is 0. The topological polar surface area (TPSA) is 92.5 Å². The lowest BCUT2D eigenvalue weighted by Crippen LogP contribution is -2.35. The molecule has 140 valence electrons. The van der Waals surface area contributed by atoms with Gasteiger partial charge in [-0.1, -0.05) is 17.3 Å². The van der Waals surface area contributed by atoms with Crippen molar-refractivity contribution in [2.75, 3.05) is 13.1 Å². The van der Waals surface area contributed by atoms with E-state index in [1.54, 1.807) is 38.1 Å². The van der Waals surface area contributed by atoms with Crippen LogP contribution in [0.4, 0.5) is 0 Å². The molecule has 1 fully saturated rings. The maximum Gasteiger partial charge on any atom is 0.253 e. The Bertz CT molecular complexity index is 879. The van der Waals surface area contributed by atoms with Crippen molar-refractivity contribution in [1.29, 1.82) is 0 Å². The summed E-state index contributed by atoms with van der Waals surface area (Å²) in [4.78, 5) is 14.5. The molecule has 0 unspecified atom stereocenters. The van der Waals surface area contributed by atoms with E-state index < -0.39 is 10.0 Å². The minimum absolute atomic E-state index is 0.000121. The standard InChI is InChI=1S/C18H23N3O4S/c1-13-17(14(2)25-20-13)26(23,24)19-12-15-7-6-8-16(11-15)18(22)21-9-4-3-5-10-21/h6-8,11,19H,3-5,9-10,12H2,1-2H3. The summed E-state index contributed by atoms with van der Waals surface area (Å²) in [5.41, 5.74) is 1.63. The summed E-state index contributed by atoms with van der Waals surface area (Å²) in [5, 5.41) is 3.68. The summed E-state index contributed by atoms with van der Waals surface area (Å²) in [6, 6.07) is 7.08. The van der Waals surface area contributed by atoms with E-state index in [0.717, 1.165) is 37.9 Å². The first-order valence-corrected chi connectivity index (χ1v) is 10.2. The Morgan fingerprint density at radius 1 is 1.23 bits per heavy atom. The number of sulfonamides is 1. The van der Waals surface area contributed by atoms with Crippen molar-refractivity contribution in [1.82, 2.24) is 14.8 Å². The van der Waals surface area contributed by atoms with E-state index in [0.29, 0.717) is 11.3 Å². The van der Waals surface area contributed by atoms with E-state index in [1.807, 2.05) is 4.90 Å². The molecule has 2 heterocycles. The summed E-state index contributed by atoms with van der Waals surface area (Å²) in [7, 11) is -3.73. The van der Waals surface area contributed by atoms with Gasteiger partial charge >= 0.3 is 0 Å². The van der Waals surface area contributed by atoms with Crippen molar-refractivity contribution in [2.24, 2.45) is 0 Å². The number of hydrogen-bond acceptors (Lipinski definition) is 5. The zero-order valence-electron chi connectivity index (χ0n) is 15.0. The maximum atomic E-state index is 12.6. The van der Waals surface area contributed by atoms with Crippen LogP contribution in [0.2, 0.25) is 0 Å². The highest BCUT2D eigenvalue weighted by atomic mass is 32.2. The number of carbonyl (C=O) groups excluding carboxylic acids is 1. The van der Waals surface area contributed by atoms with Crippen LogP contribution in [0.3, 0.4) is 0 Å². The second-order valence-electron chi connectivity index (χ2n) is 6.53. The Hall–Kier alpha value is -2.19. The molecule has 1 aromatic heterocycles. The van der Waals surface area contributed by atoms with Gasteiger partial charge in [-0.25, -0.2) is 13.1 Å². The molecule has 0 saturated carbocycles. The van der Waals surface area contributed by atoms with Crippen LogP contribution in [0.5, 0.6) is 0 Å². The largest absolute Gasteiger partial charge is 0.360 e. The number of hydrogen-bond donors (Lipinski definition) is 1. The molecule has 1 aliphatic rings. The lowest BCUT2D eigenvalue weighted by molar-refractivity contribution is 0.0724. The third kappa shape index (κ3) is 3.96. The highest BCUT2D eigenvalue weighted by molar-refractivity contribution is 7.89. The lowest BCUT2D eigenvalue weighted by atomic mass is 10.1. The van der Waals surface area contributed by atoms with Crippen molar-refractivity contribution in [3.05, 3.63) is 46.8 Å². The fourth-order valence-corrected chi connectivity index (χ4v) is 4.55. The predicted octanol–water partition coefficient (Wildman–Crippen LogP) is 2.40. The van der Waals surface area contributed by atoms with E-state index in [-0.39, 0.29) is 23.1 Å². The molecule has 7 nitrogen and oxygen atoms in total. The zero-order valence-corrected chi connectivity index (χ0v) is 15.8. The van der Waals surface area contributed by atoms with Gasteiger partial charge in [-0.3, -0.25) is 4.79 Å². The molecular weight excluding hydrogens is 354 g/mol. The van der Waals surface area contributed by atoms with E-state index in [9.17, 15) is 13.2 Å². The molecule has 1 saturated heterocycles. The van der Waals surface area contributed by atoms with Crippen LogP contribution in [-0.4, -0.2) is 37.5 Å². The van der Waals surface area contributed by atoms with E-state index >= 15 is 0 Å². The number of nitrogens with one attached hydrogen (secondary N) is 1. The molecule has 1 aromatic carbocycles. The van der Waals surface area contributed by atoms with Gasteiger partial charge in [0, 0.05) is 25.2 Å². The molecular formula is C18H23N3O4S. The van der Waals surface area contributed by atoms with Crippen molar-refractivity contribution in [3.63, 3.8) is 0 Å². The smallest absolute Gasteiger partial charge is 0.253 e. The van der Waals surface area contributed by atoms with Crippen LogP contribution in [-0.2, 0) is 16.6 Å². The second kappa shape index (κ2) is 7.59. The molecule has 3 rings (SSSR count). The van der Waals surface area contributed by atoms with Gasteiger partial charge in [-0.2, -0.15) is 0 Å². The first kappa shape index (κ1) is 18.6. The number of amides is 1. The SMILES string of the molecule is Cc1noc(C)c1S(=O)(=O)NCc1cccc(C(=O)N2CCCCC2)c1. The monoisotopic (exact) mass is 377 g/mol. The fourth-order valence-electron chi connectivity index (χ4n) is 3.20. The van der Waals surface area contributed by atoms with Gasteiger partial charge in [0.25, 0.3) is 5.91 Å².